The van der Waals surface area contributed by atoms with Gasteiger partial charge in [0.15, 0.2) is 0 Å². The summed E-state index contributed by atoms with van der Waals surface area (Å²) in [7, 11) is -5.91. The Balaban J connectivity index is 3.44. The molecule has 7 heteroatoms. The molecule has 0 aliphatic rings. The highest BCUT2D eigenvalue weighted by atomic mass is 28.5. The Morgan fingerprint density at radius 3 is 2.45 bits per heavy atom. The van der Waals surface area contributed by atoms with Gasteiger partial charge in [-0.05, 0) is 6.92 Å². The Morgan fingerprint density at radius 2 is 2.09 bits per heavy atom. The molecule has 11 heavy (non-hydrogen) atoms. The lowest BCUT2D eigenvalue weighted by Gasteiger charge is -2.13. The van der Waals surface area contributed by atoms with E-state index in [9.17, 15) is 12.3 Å². The van der Waals surface area contributed by atoms with Crippen LogP contribution in [0.25, 0.3) is 0 Å². The fourth-order valence-electron chi connectivity index (χ4n) is 0.510. The van der Waals surface area contributed by atoms with Crippen molar-refractivity contribution >= 4 is 9.32 Å². The maximum atomic E-state index is 11.5. The van der Waals surface area contributed by atoms with Crippen LogP contribution in [0, 0.1) is 0 Å². The molecule has 0 bridgehead atoms. The first kappa shape index (κ1) is 10.9. The lowest BCUT2D eigenvalue weighted by molar-refractivity contribution is 0.0897. The molecule has 0 fully saturated rings. The van der Waals surface area contributed by atoms with Crippen LogP contribution < -0.4 is 5.32 Å². The van der Waals surface area contributed by atoms with Crippen LogP contribution in [0.1, 0.15) is 6.92 Å². The van der Waals surface area contributed by atoms with Crippen molar-refractivity contribution in [2.75, 3.05) is 13.2 Å². The van der Waals surface area contributed by atoms with E-state index in [0.717, 1.165) is 0 Å². The topological polar surface area (TPSA) is 41.5 Å². The monoisotopic (exact) mass is 189 g/mol. The van der Waals surface area contributed by atoms with Crippen molar-refractivity contribution in [3.8, 4) is 0 Å². The third-order valence-corrected chi connectivity index (χ3v) is 1.47. The number of nitrogens with one attached hydrogen (secondary N) is 1. The van der Waals surface area contributed by atoms with E-state index in [4.69, 9.17) is 5.11 Å². The summed E-state index contributed by atoms with van der Waals surface area (Å²) in [5, 5.41) is 10.6. The smallest absolute Gasteiger partial charge is 0.395 e. The van der Waals surface area contributed by atoms with Crippen molar-refractivity contribution in [1.82, 2.24) is 5.32 Å². The van der Waals surface area contributed by atoms with Gasteiger partial charge in [0, 0.05) is 6.54 Å². The second kappa shape index (κ2) is 4.70. The van der Waals surface area contributed by atoms with Crippen LogP contribution in [0.4, 0.5) is 12.3 Å². The fourth-order valence-corrected chi connectivity index (χ4v) is 0.994. The zero-order valence-electron chi connectivity index (χ0n) is 5.98. The lowest BCUT2D eigenvalue weighted by atomic mass is 10.6. The van der Waals surface area contributed by atoms with Crippen LogP contribution >= 0.6 is 0 Å². The van der Waals surface area contributed by atoms with Crippen molar-refractivity contribution in [2.24, 2.45) is 0 Å². The summed E-state index contributed by atoms with van der Waals surface area (Å²) in [6, 6.07) is 0. The Kier molecular flexibility index (Phi) is 4.65. The molecule has 0 aromatic heterocycles. The number of aliphatic hydroxyl groups excluding tert-OH is 1. The Morgan fingerprint density at radius 1 is 1.55 bits per heavy atom. The maximum Gasteiger partial charge on any atom is 0.803 e. The van der Waals surface area contributed by atoms with Gasteiger partial charge in [0.1, 0.15) is 6.23 Å². The minimum atomic E-state index is -5.91. The van der Waals surface area contributed by atoms with Gasteiger partial charge in [-0.3, -0.25) is 5.32 Å². The van der Waals surface area contributed by atoms with E-state index < -0.39 is 15.5 Å². The molecule has 0 amide bonds. The van der Waals surface area contributed by atoms with Gasteiger partial charge in [0.25, 0.3) is 0 Å². The van der Waals surface area contributed by atoms with E-state index in [-0.39, 0.29) is 13.2 Å². The van der Waals surface area contributed by atoms with Crippen LogP contribution in [-0.2, 0) is 4.43 Å². The van der Waals surface area contributed by atoms with Crippen molar-refractivity contribution < 1.29 is 21.9 Å². The fraction of sp³-hybridized carbons (Fsp3) is 1.00. The molecule has 0 aliphatic carbocycles. The van der Waals surface area contributed by atoms with Crippen LogP contribution in [0.2, 0.25) is 0 Å². The van der Waals surface area contributed by atoms with E-state index in [1.807, 2.05) is 0 Å². The van der Waals surface area contributed by atoms with E-state index >= 15 is 0 Å². The molecule has 0 saturated heterocycles. The van der Waals surface area contributed by atoms with E-state index in [2.05, 4.69) is 9.74 Å². The minimum Gasteiger partial charge on any atom is -0.395 e. The summed E-state index contributed by atoms with van der Waals surface area (Å²) in [6.45, 7) is 1.15. The number of halogens is 3. The van der Waals surface area contributed by atoms with Crippen LogP contribution in [0.15, 0.2) is 0 Å². The quantitative estimate of drug-likeness (QED) is 0.370. The number of aliphatic hydroxyl groups is 1. The van der Waals surface area contributed by atoms with E-state index in [0.29, 0.717) is 0 Å². The lowest BCUT2D eigenvalue weighted by Crippen LogP contribution is -2.38. The molecule has 1 unspecified atom stereocenters. The summed E-state index contributed by atoms with van der Waals surface area (Å²) in [5.41, 5.74) is 0. The molecular formula is C4H10F3NO2Si. The third-order valence-electron chi connectivity index (χ3n) is 0.854. The first-order valence-electron chi connectivity index (χ1n) is 3.04. The van der Waals surface area contributed by atoms with Crippen molar-refractivity contribution in [2.45, 2.75) is 13.2 Å². The van der Waals surface area contributed by atoms with E-state index in [1.54, 1.807) is 0 Å². The first-order chi connectivity index (χ1) is 4.95. The van der Waals surface area contributed by atoms with Gasteiger partial charge in [-0.2, -0.15) is 0 Å². The molecule has 1 atom stereocenters. The molecule has 0 rings (SSSR count). The van der Waals surface area contributed by atoms with Crippen LogP contribution in [-0.4, -0.2) is 33.8 Å². The third kappa shape index (κ3) is 7.79. The van der Waals surface area contributed by atoms with Crippen LogP contribution in [0.3, 0.4) is 0 Å². The highest BCUT2D eigenvalue weighted by molar-refractivity contribution is 6.51. The Bertz CT molecular complexity index is 110. The molecule has 3 nitrogen and oxygen atoms in total. The minimum absolute atomic E-state index is 0.103. The molecular weight excluding hydrogens is 179 g/mol. The van der Waals surface area contributed by atoms with Gasteiger partial charge < -0.3 is 9.53 Å². The molecule has 0 saturated carbocycles. The SMILES string of the molecule is CC(NCCO)O[Si](F)(F)F. The summed E-state index contributed by atoms with van der Waals surface area (Å²) >= 11 is 0. The number of rotatable bonds is 5. The highest BCUT2D eigenvalue weighted by Crippen LogP contribution is 2.11. The largest absolute Gasteiger partial charge is 0.803 e. The summed E-state index contributed by atoms with van der Waals surface area (Å²) in [4.78, 5) is 0. The molecule has 0 radical (unpaired) electrons. The molecule has 0 aromatic carbocycles. The predicted octanol–water partition coefficient (Wildman–Crippen LogP) is 0.275. The van der Waals surface area contributed by atoms with Gasteiger partial charge in [-0.1, -0.05) is 0 Å². The van der Waals surface area contributed by atoms with Crippen molar-refractivity contribution in [3.05, 3.63) is 0 Å². The Labute approximate surface area is 63.8 Å². The van der Waals surface area contributed by atoms with Crippen LogP contribution in [0.5, 0.6) is 0 Å². The molecule has 0 aromatic rings. The zero-order valence-corrected chi connectivity index (χ0v) is 6.98. The molecule has 68 valence electrons. The number of hydrogen-bond donors (Lipinski definition) is 2. The molecule has 0 aliphatic heterocycles. The van der Waals surface area contributed by atoms with Gasteiger partial charge >= 0.3 is 9.32 Å². The molecule has 0 heterocycles. The predicted molar refractivity (Wildman–Crippen MR) is 34.7 cm³/mol. The Hall–Kier alpha value is -0.113. The summed E-state index contributed by atoms with van der Waals surface area (Å²) in [6.07, 6.45) is -1.06. The maximum absolute atomic E-state index is 11.5. The average Bonchev–Trinajstić information content (AvgIpc) is 1.79. The van der Waals surface area contributed by atoms with Gasteiger partial charge in [-0.25, -0.2) is 12.3 Å². The number of hydrogen-bond acceptors (Lipinski definition) is 3. The standard InChI is InChI=1S/C4H10F3NO2Si/c1-4(8-2-3-9)10-11(5,6)7/h4,8-9H,2-3H2,1H3. The van der Waals surface area contributed by atoms with Gasteiger partial charge in [0.2, 0.25) is 0 Å². The molecule has 0 spiro atoms. The highest BCUT2D eigenvalue weighted by Gasteiger charge is 2.43. The summed E-state index contributed by atoms with van der Waals surface area (Å²) in [5.74, 6) is 0. The zero-order chi connectivity index (χ0) is 8.91. The second-order valence-corrected chi connectivity index (χ2v) is 3.01. The molecule has 2 N–H and O–H groups in total. The average molecular weight is 189 g/mol. The second-order valence-electron chi connectivity index (χ2n) is 1.88. The normalized spacial score (nSPS) is 15.0. The summed E-state index contributed by atoms with van der Waals surface area (Å²) < 4.78 is 38.3. The van der Waals surface area contributed by atoms with E-state index in [1.165, 1.54) is 6.92 Å². The van der Waals surface area contributed by atoms with Crippen molar-refractivity contribution in [1.29, 1.82) is 0 Å². The van der Waals surface area contributed by atoms with Crippen molar-refractivity contribution in [3.63, 3.8) is 0 Å². The first-order valence-corrected chi connectivity index (χ1v) is 4.58. The van der Waals surface area contributed by atoms with Gasteiger partial charge in [-0.15, -0.1) is 0 Å². The van der Waals surface area contributed by atoms with Gasteiger partial charge in [0.05, 0.1) is 6.61 Å².